The molecule has 1 aromatic rings. The smallest absolute Gasteiger partial charge is 0.0239 e. The number of allylic oxidation sites excluding steroid dienone is 6. The Morgan fingerprint density at radius 3 is 2.69 bits per heavy atom. The summed E-state index contributed by atoms with van der Waals surface area (Å²) in [5, 5.41) is 0.813. The predicted molar refractivity (Wildman–Crippen MR) is 116 cm³/mol. The van der Waals surface area contributed by atoms with Crippen molar-refractivity contribution in [3.05, 3.63) is 69.3 Å². The second-order valence-electron chi connectivity index (χ2n) is 7.66. The van der Waals surface area contributed by atoms with Crippen molar-refractivity contribution in [3.63, 3.8) is 0 Å². The van der Waals surface area contributed by atoms with Crippen LogP contribution in [0.2, 0.25) is 0 Å². The van der Waals surface area contributed by atoms with E-state index in [0.717, 1.165) is 24.4 Å². The molecule has 1 unspecified atom stereocenters. The van der Waals surface area contributed by atoms with Crippen molar-refractivity contribution >= 4 is 11.6 Å². The van der Waals surface area contributed by atoms with Gasteiger partial charge in [-0.05, 0) is 76.1 Å². The van der Waals surface area contributed by atoms with Crippen LogP contribution < -0.4 is 0 Å². The van der Waals surface area contributed by atoms with Gasteiger partial charge in [0.05, 0.1) is 0 Å². The van der Waals surface area contributed by atoms with Crippen LogP contribution in [-0.2, 0) is 19.4 Å². The summed E-state index contributed by atoms with van der Waals surface area (Å²) in [5.74, 6) is 0. The lowest BCUT2D eigenvalue weighted by atomic mass is 9.93. The van der Waals surface area contributed by atoms with Crippen LogP contribution in [0, 0.1) is 0 Å². The fourth-order valence-corrected chi connectivity index (χ4v) is 3.49. The Morgan fingerprint density at radius 1 is 1.23 bits per heavy atom. The lowest BCUT2D eigenvalue weighted by Gasteiger charge is -2.33. The monoisotopic (exact) mass is 371 g/mol. The van der Waals surface area contributed by atoms with Crippen LogP contribution >= 0.6 is 11.6 Å². The Balaban J connectivity index is 1.97. The van der Waals surface area contributed by atoms with Crippen molar-refractivity contribution in [1.29, 1.82) is 0 Å². The van der Waals surface area contributed by atoms with Crippen LogP contribution in [0.25, 0.3) is 0 Å². The van der Waals surface area contributed by atoms with Crippen LogP contribution in [0.5, 0.6) is 0 Å². The van der Waals surface area contributed by atoms with Crippen molar-refractivity contribution < 1.29 is 0 Å². The summed E-state index contributed by atoms with van der Waals surface area (Å²) in [4.78, 5) is 2.61. The minimum absolute atomic E-state index is 0.684. The molecule has 0 saturated carbocycles. The number of aryl methyl sites for hydroxylation is 1. The number of fused-ring (bicyclic) bond motifs is 1. The first-order valence-corrected chi connectivity index (χ1v) is 10.3. The minimum Gasteiger partial charge on any atom is -0.296 e. The highest BCUT2D eigenvalue weighted by atomic mass is 35.5. The standard InChI is InChI=1S/C24H34ClN/c1-6-21(5)26-15-14-23-16-22(12-13-24(23)17-26)11-10-19(3)18(2)8-7-9-20(4)25/h7-9,12-13,16,21H,6,10-11,14-15,17H2,1-5H3/b8-7-,19-18+,20-9+. The molecule has 26 heavy (non-hydrogen) atoms. The highest BCUT2D eigenvalue weighted by molar-refractivity contribution is 6.29. The van der Waals surface area contributed by atoms with Gasteiger partial charge in [0.1, 0.15) is 0 Å². The van der Waals surface area contributed by atoms with Gasteiger partial charge < -0.3 is 0 Å². The summed E-state index contributed by atoms with van der Waals surface area (Å²) in [6, 6.07) is 7.82. The molecule has 1 aliphatic heterocycles. The number of benzene rings is 1. The van der Waals surface area contributed by atoms with Crippen molar-refractivity contribution in [2.24, 2.45) is 0 Å². The molecule has 1 aromatic carbocycles. The molecule has 0 aliphatic carbocycles. The average molecular weight is 372 g/mol. The molecule has 2 rings (SSSR count). The van der Waals surface area contributed by atoms with Gasteiger partial charge in [-0.2, -0.15) is 0 Å². The summed E-state index contributed by atoms with van der Waals surface area (Å²) in [6.07, 6.45) is 10.8. The summed E-state index contributed by atoms with van der Waals surface area (Å²) >= 11 is 5.87. The van der Waals surface area contributed by atoms with Gasteiger partial charge >= 0.3 is 0 Å². The maximum absolute atomic E-state index is 5.87. The van der Waals surface area contributed by atoms with Crippen LogP contribution in [0.4, 0.5) is 0 Å². The summed E-state index contributed by atoms with van der Waals surface area (Å²) < 4.78 is 0. The van der Waals surface area contributed by atoms with E-state index < -0.39 is 0 Å². The second-order valence-corrected chi connectivity index (χ2v) is 8.25. The number of rotatable bonds is 7. The zero-order chi connectivity index (χ0) is 19.1. The zero-order valence-electron chi connectivity index (χ0n) is 17.1. The number of hydrogen-bond acceptors (Lipinski definition) is 1. The first-order chi connectivity index (χ1) is 12.4. The molecule has 1 heterocycles. The van der Waals surface area contributed by atoms with Gasteiger partial charge in [-0.25, -0.2) is 0 Å². The molecule has 0 saturated heterocycles. The average Bonchev–Trinajstić information content (AvgIpc) is 2.64. The van der Waals surface area contributed by atoms with Gasteiger partial charge in [-0.3, -0.25) is 4.90 Å². The van der Waals surface area contributed by atoms with Gasteiger partial charge in [0.25, 0.3) is 0 Å². The van der Waals surface area contributed by atoms with Crippen molar-refractivity contribution in [3.8, 4) is 0 Å². The largest absolute Gasteiger partial charge is 0.296 e. The third kappa shape index (κ3) is 6.14. The molecule has 0 bridgehead atoms. The van der Waals surface area contributed by atoms with Gasteiger partial charge in [-0.15, -0.1) is 0 Å². The molecule has 142 valence electrons. The molecular formula is C24H34ClN. The van der Waals surface area contributed by atoms with E-state index in [4.69, 9.17) is 11.6 Å². The maximum atomic E-state index is 5.87. The van der Waals surface area contributed by atoms with E-state index in [1.54, 1.807) is 5.56 Å². The van der Waals surface area contributed by atoms with Gasteiger partial charge in [0.2, 0.25) is 0 Å². The van der Waals surface area contributed by atoms with Crippen LogP contribution in [0.15, 0.2) is 52.6 Å². The highest BCUT2D eigenvalue weighted by Gasteiger charge is 2.19. The van der Waals surface area contributed by atoms with E-state index >= 15 is 0 Å². The van der Waals surface area contributed by atoms with E-state index in [1.807, 2.05) is 19.1 Å². The number of nitrogens with zero attached hydrogens (tertiary/aromatic N) is 1. The van der Waals surface area contributed by atoms with Crippen LogP contribution in [0.1, 0.15) is 64.2 Å². The topological polar surface area (TPSA) is 3.24 Å². The Bertz CT molecular complexity index is 692. The molecule has 2 heteroatoms. The summed E-state index contributed by atoms with van der Waals surface area (Å²) in [6.45, 7) is 13.2. The lowest BCUT2D eigenvalue weighted by molar-refractivity contribution is 0.186. The number of hydrogen-bond donors (Lipinski definition) is 0. The van der Waals surface area contributed by atoms with E-state index in [9.17, 15) is 0 Å². The minimum atomic E-state index is 0.684. The van der Waals surface area contributed by atoms with E-state index in [0.29, 0.717) is 6.04 Å². The van der Waals surface area contributed by atoms with Crippen LogP contribution in [0.3, 0.4) is 0 Å². The normalized spacial score (nSPS) is 18.0. The van der Waals surface area contributed by atoms with E-state index in [2.05, 4.69) is 56.9 Å². The molecule has 0 radical (unpaired) electrons. The quantitative estimate of drug-likeness (QED) is 0.476. The van der Waals surface area contributed by atoms with Gasteiger partial charge in [0.15, 0.2) is 0 Å². The van der Waals surface area contributed by atoms with Crippen molar-refractivity contribution in [2.45, 2.75) is 72.9 Å². The third-order valence-corrected chi connectivity index (χ3v) is 5.79. The summed E-state index contributed by atoms with van der Waals surface area (Å²) in [5.41, 5.74) is 7.33. The molecule has 0 amide bonds. The Labute approximate surface area is 165 Å². The van der Waals surface area contributed by atoms with Crippen molar-refractivity contribution in [1.82, 2.24) is 4.90 Å². The first-order valence-electron chi connectivity index (χ1n) is 9.92. The molecule has 0 fully saturated rings. The van der Waals surface area contributed by atoms with Crippen molar-refractivity contribution in [2.75, 3.05) is 6.54 Å². The molecule has 1 atom stereocenters. The Morgan fingerprint density at radius 2 is 2.00 bits per heavy atom. The molecule has 1 aliphatic rings. The summed E-state index contributed by atoms with van der Waals surface area (Å²) in [7, 11) is 0. The molecule has 0 N–H and O–H groups in total. The second kappa shape index (κ2) is 10.1. The molecule has 1 nitrogen and oxygen atoms in total. The molecule has 0 spiro atoms. The Kier molecular flexibility index (Phi) is 8.18. The number of halogens is 1. The fraction of sp³-hybridized carbons (Fsp3) is 0.500. The lowest BCUT2D eigenvalue weighted by Crippen LogP contribution is -2.37. The molecular weight excluding hydrogens is 338 g/mol. The van der Waals surface area contributed by atoms with Crippen LogP contribution in [-0.4, -0.2) is 17.5 Å². The van der Waals surface area contributed by atoms with Gasteiger partial charge in [0, 0.05) is 24.2 Å². The highest BCUT2D eigenvalue weighted by Crippen LogP contribution is 2.24. The fourth-order valence-electron chi connectivity index (χ4n) is 3.41. The zero-order valence-corrected chi connectivity index (χ0v) is 17.9. The van der Waals surface area contributed by atoms with Gasteiger partial charge in [-0.1, -0.05) is 60.0 Å². The first kappa shape index (κ1) is 21.0. The predicted octanol–water partition coefficient (Wildman–Crippen LogP) is 6.81. The SMILES string of the molecule is CCC(C)N1CCc2cc(CC/C(C)=C(C)/C=C\C=C(/C)Cl)ccc2C1. The van der Waals surface area contributed by atoms with E-state index in [-0.39, 0.29) is 0 Å². The molecule has 0 aromatic heterocycles. The van der Waals surface area contributed by atoms with E-state index in [1.165, 1.54) is 41.7 Å². The Hall–Kier alpha value is -1.31. The maximum Gasteiger partial charge on any atom is 0.0239 e. The third-order valence-electron chi connectivity index (χ3n) is 5.66.